The Hall–Kier alpha value is -0.840. The molecule has 2 rings (SSSR count). The monoisotopic (exact) mass is 398 g/mol. The summed E-state index contributed by atoms with van der Waals surface area (Å²) in [7, 11) is 1.64. The van der Waals surface area contributed by atoms with E-state index in [-0.39, 0.29) is 0 Å². The fraction of sp³-hybridized carbons (Fsp3) is 0.250. The summed E-state index contributed by atoms with van der Waals surface area (Å²) in [6.07, 6.45) is 0.00369. The number of methoxy groups -OCH3 is 1. The van der Waals surface area contributed by atoms with Crippen LogP contribution in [0, 0.1) is 6.92 Å². The summed E-state index contributed by atoms with van der Waals surface area (Å²) in [5, 5.41) is 10.4. The van der Waals surface area contributed by atoms with Crippen molar-refractivity contribution in [2.24, 2.45) is 0 Å². The summed E-state index contributed by atoms with van der Waals surface area (Å²) in [5.74, 6) is 0.794. The third kappa shape index (κ3) is 3.62. The molecule has 0 saturated carbocycles. The second-order valence-electron chi connectivity index (χ2n) is 4.69. The maximum Gasteiger partial charge on any atom is 0.119 e. The molecular formula is C16H16Br2O2. The highest BCUT2D eigenvalue weighted by Crippen LogP contribution is 2.28. The molecule has 2 aromatic rings. The normalized spacial score (nSPS) is 12.2. The minimum atomic E-state index is -0.537. The number of benzene rings is 2. The van der Waals surface area contributed by atoms with Crippen LogP contribution in [-0.4, -0.2) is 12.2 Å². The first-order valence-corrected chi connectivity index (χ1v) is 7.86. The third-order valence-electron chi connectivity index (χ3n) is 3.23. The molecule has 106 valence electrons. The molecule has 0 spiro atoms. The van der Waals surface area contributed by atoms with Crippen molar-refractivity contribution in [3.63, 3.8) is 0 Å². The number of hydrogen-bond donors (Lipinski definition) is 1. The maximum atomic E-state index is 10.4. The largest absolute Gasteiger partial charge is 0.497 e. The Labute approximate surface area is 136 Å². The average molecular weight is 400 g/mol. The Morgan fingerprint density at radius 1 is 1.10 bits per heavy atom. The van der Waals surface area contributed by atoms with Gasteiger partial charge < -0.3 is 9.84 Å². The molecule has 0 aromatic heterocycles. The van der Waals surface area contributed by atoms with E-state index in [1.54, 1.807) is 7.11 Å². The van der Waals surface area contributed by atoms with Crippen LogP contribution in [0.2, 0.25) is 0 Å². The average Bonchev–Trinajstić information content (AvgIpc) is 2.44. The Balaban J connectivity index is 2.22. The van der Waals surface area contributed by atoms with E-state index in [1.807, 2.05) is 43.3 Å². The molecule has 0 aliphatic heterocycles. The van der Waals surface area contributed by atoms with Gasteiger partial charge in [-0.3, -0.25) is 0 Å². The van der Waals surface area contributed by atoms with Crippen LogP contribution in [-0.2, 0) is 6.42 Å². The molecule has 0 heterocycles. The Bertz CT molecular complexity index is 611. The van der Waals surface area contributed by atoms with Crippen LogP contribution in [0.3, 0.4) is 0 Å². The van der Waals surface area contributed by atoms with Gasteiger partial charge in [0.05, 0.1) is 13.2 Å². The quantitative estimate of drug-likeness (QED) is 0.799. The summed E-state index contributed by atoms with van der Waals surface area (Å²) in [4.78, 5) is 0. The van der Waals surface area contributed by atoms with E-state index in [0.717, 1.165) is 31.4 Å². The molecule has 0 bridgehead atoms. The van der Waals surface area contributed by atoms with Gasteiger partial charge in [0.25, 0.3) is 0 Å². The zero-order valence-corrected chi connectivity index (χ0v) is 14.5. The van der Waals surface area contributed by atoms with Crippen molar-refractivity contribution in [3.8, 4) is 5.75 Å². The van der Waals surface area contributed by atoms with E-state index in [1.165, 1.54) is 0 Å². The van der Waals surface area contributed by atoms with E-state index < -0.39 is 6.10 Å². The van der Waals surface area contributed by atoms with Gasteiger partial charge in [-0.05, 0) is 47.9 Å². The highest BCUT2D eigenvalue weighted by atomic mass is 79.9. The van der Waals surface area contributed by atoms with Crippen molar-refractivity contribution >= 4 is 31.9 Å². The number of ether oxygens (including phenoxy) is 1. The molecule has 0 amide bonds. The predicted molar refractivity (Wildman–Crippen MR) is 88.2 cm³/mol. The van der Waals surface area contributed by atoms with Gasteiger partial charge in [-0.25, -0.2) is 0 Å². The number of aliphatic hydroxyl groups excluding tert-OH is 1. The van der Waals surface area contributed by atoms with E-state index in [4.69, 9.17) is 4.74 Å². The van der Waals surface area contributed by atoms with Gasteiger partial charge in [0.2, 0.25) is 0 Å². The first-order chi connectivity index (χ1) is 9.51. The van der Waals surface area contributed by atoms with E-state index in [9.17, 15) is 5.11 Å². The first-order valence-electron chi connectivity index (χ1n) is 6.28. The zero-order chi connectivity index (χ0) is 14.7. The third-order valence-corrected chi connectivity index (χ3v) is 4.90. The second kappa shape index (κ2) is 6.74. The van der Waals surface area contributed by atoms with Crippen molar-refractivity contribution in [1.29, 1.82) is 0 Å². The topological polar surface area (TPSA) is 29.5 Å². The fourth-order valence-electron chi connectivity index (χ4n) is 2.04. The maximum absolute atomic E-state index is 10.4. The van der Waals surface area contributed by atoms with E-state index >= 15 is 0 Å². The summed E-state index contributed by atoms with van der Waals surface area (Å²) in [5.41, 5.74) is 3.06. The molecule has 0 radical (unpaired) electrons. The van der Waals surface area contributed by atoms with Gasteiger partial charge in [0.15, 0.2) is 0 Å². The second-order valence-corrected chi connectivity index (χ2v) is 6.39. The molecule has 1 N–H and O–H groups in total. The van der Waals surface area contributed by atoms with Crippen LogP contribution in [0.25, 0.3) is 0 Å². The molecule has 0 aliphatic carbocycles. The lowest BCUT2D eigenvalue weighted by atomic mass is 10.00. The first kappa shape index (κ1) is 15.5. The van der Waals surface area contributed by atoms with Crippen molar-refractivity contribution < 1.29 is 9.84 Å². The van der Waals surface area contributed by atoms with Crippen LogP contribution in [0.15, 0.2) is 45.3 Å². The summed E-state index contributed by atoms with van der Waals surface area (Å²) < 4.78 is 7.25. The smallest absolute Gasteiger partial charge is 0.119 e. The van der Waals surface area contributed by atoms with Crippen molar-refractivity contribution in [2.75, 3.05) is 7.11 Å². The highest BCUT2D eigenvalue weighted by molar-refractivity contribution is 9.10. The Morgan fingerprint density at radius 3 is 2.45 bits per heavy atom. The lowest BCUT2D eigenvalue weighted by molar-refractivity contribution is 0.178. The zero-order valence-electron chi connectivity index (χ0n) is 11.4. The van der Waals surface area contributed by atoms with Gasteiger partial charge in [0.1, 0.15) is 5.75 Å². The van der Waals surface area contributed by atoms with Crippen molar-refractivity contribution in [1.82, 2.24) is 0 Å². The Kier molecular flexibility index (Phi) is 5.24. The van der Waals surface area contributed by atoms with Crippen LogP contribution in [0.4, 0.5) is 0 Å². The van der Waals surface area contributed by atoms with Crippen LogP contribution >= 0.6 is 31.9 Å². The molecule has 1 atom stereocenters. The van der Waals surface area contributed by atoms with Crippen LogP contribution in [0.5, 0.6) is 5.75 Å². The minimum absolute atomic E-state index is 0.537. The van der Waals surface area contributed by atoms with E-state index in [2.05, 4.69) is 31.9 Å². The minimum Gasteiger partial charge on any atom is -0.497 e. The molecule has 0 fully saturated rings. The number of hydrogen-bond acceptors (Lipinski definition) is 2. The van der Waals surface area contributed by atoms with Crippen LogP contribution in [0.1, 0.15) is 22.8 Å². The number of rotatable bonds is 4. The lowest BCUT2D eigenvalue weighted by Crippen LogP contribution is -2.03. The molecule has 4 heteroatoms. The standard InChI is InChI=1S/C16H16Br2O2/c1-10-7-11(3-5-14(10)17)16(19)9-12-8-13(20-2)4-6-15(12)18/h3-8,16,19H,9H2,1-2H3. The molecule has 0 aliphatic rings. The van der Waals surface area contributed by atoms with Gasteiger partial charge in [-0.15, -0.1) is 0 Å². The van der Waals surface area contributed by atoms with Gasteiger partial charge in [0, 0.05) is 15.4 Å². The number of aliphatic hydroxyl groups is 1. The molecule has 1 unspecified atom stereocenters. The summed E-state index contributed by atoms with van der Waals surface area (Å²) in [6, 6.07) is 11.7. The van der Waals surface area contributed by atoms with E-state index in [0.29, 0.717) is 6.42 Å². The Morgan fingerprint density at radius 2 is 1.80 bits per heavy atom. The van der Waals surface area contributed by atoms with Gasteiger partial charge in [-0.2, -0.15) is 0 Å². The van der Waals surface area contributed by atoms with Crippen molar-refractivity contribution in [3.05, 3.63) is 62.0 Å². The summed E-state index contributed by atoms with van der Waals surface area (Å²) in [6.45, 7) is 2.02. The van der Waals surface area contributed by atoms with Gasteiger partial charge >= 0.3 is 0 Å². The summed E-state index contributed by atoms with van der Waals surface area (Å²) >= 11 is 6.98. The molecule has 2 nitrogen and oxygen atoms in total. The molecular weight excluding hydrogens is 384 g/mol. The van der Waals surface area contributed by atoms with Gasteiger partial charge in [-0.1, -0.05) is 44.0 Å². The predicted octanol–water partition coefficient (Wildman–Crippen LogP) is 4.80. The number of halogens is 2. The highest BCUT2D eigenvalue weighted by Gasteiger charge is 2.12. The molecule has 20 heavy (non-hydrogen) atoms. The molecule has 0 saturated heterocycles. The molecule has 2 aromatic carbocycles. The van der Waals surface area contributed by atoms with Crippen LogP contribution < -0.4 is 4.74 Å². The lowest BCUT2D eigenvalue weighted by Gasteiger charge is -2.14. The SMILES string of the molecule is COc1ccc(Br)c(CC(O)c2ccc(Br)c(C)c2)c1. The fourth-order valence-corrected chi connectivity index (χ4v) is 2.69. The number of aryl methyl sites for hydroxylation is 1. The van der Waals surface area contributed by atoms with Crippen molar-refractivity contribution in [2.45, 2.75) is 19.4 Å².